The van der Waals surface area contributed by atoms with Crippen molar-refractivity contribution in [2.24, 2.45) is 0 Å². The molecule has 0 saturated heterocycles. The molecule has 7 heteroatoms. The Hall–Kier alpha value is -2.50. The molecule has 0 bridgehead atoms. The zero-order chi connectivity index (χ0) is 18.0. The second kappa shape index (κ2) is 7.17. The molecule has 5 nitrogen and oxygen atoms in total. The standard InChI is InChI=1S/C18H12Cl2O5/c1-10-7-16(21)25-15-8-11(5-6-12(10)15)23-9-17(22)24-14-4-2-3-13(19)18(14)20/h2-8H,9H2,1H3. The second-order valence-electron chi connectivity index (χ2n) is 5.22. The number of rotatable bonds is 4. The number of carbonyl (C=O) groups is 1. The van der Waals surface area contributed by atoms with E-state index in [2.05, 4.69) is 0 Å². The van der Waals surface area contributed by atoms with E-state index in [0.29, 0.717) is 11.3 Å². The fourth-order valence-electron chi connectivity index (χ4n) is 2.25. The van der Waals surface area contributed by atoms with Gasteiger partial charge >= 0.3 is 11.6 Å². The predicted octanol–water partition coefficient (Wildman–Crippen LogP) is 4.39. The van der Waals surface area contributed by atoms with E-state index in [1.807, 2.05) is 6.92 Å². The third kappa shape index (κ3) is 3.95. The topological polar surface area (TPSA) is 65.7 Å². The molecular weight excluding hydrogens is 367 g/mol. The van der Waals surface area contributed by atoms with Gasteiger partial charge in [-0.1, -0.05) is 29.3 Å². The van der Waals surface area contributed by atoms with Gasteiger partial charge in [0, 0.05) is 17.5 Å². The molecule has 1 heterocycles. The quantitative estimate of drug-likeness (QED) is 0.382. The fourth-order valence-corrected chi connectivity index (χ4v) is 2.58. The van der Waals surface area contributed by atoms with Crippen molar-refractivity contribution < 1.29 is 18.7 Å². The van der Waals surface area contributed by atoms with Crippen molar-refractivity contribution in [1.82, 2.24) is 0 Å². The van der Waals surface area contributed by atoms with Crippen LogP contribution in [-0.2, 0) is 4.79 Å². The molecule has 0 saturated carbocycles. The van der Waals surface area contributed by atoms with Crippen molar-refractivity contribution in [3.05, 3.63) is 68.5 Å². The number of benzene rings is 2. The minimum absolute atomic E-state index is 0.153. The maximum atomic E-state index is 11.9. The molecule has 0 N–H and O–H groups in total. The number of carbonyl (C=O) groups excluding carboxylic acids is 1. The Morgan fingerprint density at radius 2 is 1.96 bits per heavy atom. The van der Waals surface area contributed by atoms with E-state index in [1.54, 1.807) is 30.3 Å². The second-order valence-corrected chi connectivity index (χ2v) is 6.01. The van der Waals surface area contributed by atoms with E-state index in [1.165, 1.54) is 12.1 Å². The number of ether oxygens (including phenoxy) is 2. The molecule has 3 aromatic rings. The van der Waals surface area contributed by atoms with Crippen LogP contribution in [0.25, 0.3) is 11.0 Å². The van der Waals surface area contributed by atoms with Gasteiger partial charge in [0.1, 0.15) is 16.4 Å². The Balaban J connectivity index is 1.71. The van der Waals surface area contributed by atoms with Crippen LogP contribution in [0.3, 0.4) is 0 Å². The Kier molecular flexibility index (Phi) is 4.97. The number of hydrogen-bond acceptors (Lipinski definition) is 5. The summed E-state index contributed by atoms with van der Waals surface area (Å²) < 4.78 is 15.6. The molecule has 0 aliphatic rings. The number of fused-ring (bicyclic) bond motifs is 1. The van der Waals surface area contributed by atoms with Crippen molar-refractivity contribution in [3.8, 4) is 11.5 Å². The largest absolute Gasteiger partial charge is 0.482 e. The first-order valence-electron chi connectivity index (χ1n) is 7.26. The third-order valence-electron chi connectivity index (χ3n) is 3.42. The van der Waals surface area contributed by atoms with Crippen molar-refractivity contribution in [2.45, 2.75) is 6.92 Å². The third-order valence-corrected chi connectivity index (χ3v) is 4.22. The lowest BCUT2D eigenvalue weighted by atomic mass is 10.1. The number of esters is 1. The molecule has 2 aromatic carbocycles. The average Bonchev–Trinajstić information content (AvgIpc) is 2.56. The van der Waals surface area contributed by atoms with E-state index in [0.717, 1.165) is 10.9 Å². The molecule has 0 fully saturated rings. The molecule has 0 amide bonds. The molecular formula is C18H12Cl2O5. The van der Waals surface area contributed by atoms with Gasteiger partial charge in [0.25, 0.3) is 0 Å². The lowest BCUT2D eigenvalue weighted by Crippen LogP contribution is -2.17. The zero-order valence-corrected chi connectivity index (χ0v) is 14.6. The van der Waals surface area contributed by atoms with E-state index in [-0.39, 0.29) is 22.4 Å². The maximum absolute atomic E-state index is 11.9. The Morgan fingerprint density at radius 1 is 1.16 bits per heavy atom. The minimum atomic E-state index is -0.644. The highest BCUT2D eigenvalue weighted by atomic mass is 35.5. The first kappa shape index (κ1) is 17.3. The lowest BCUT2D eigenvalue weighted by Gasteiger charge is -2.09. The minimum Gasteiger partial charge on any atom is -0.482 e. The van der Waals surface area contributed by atoms with Crippen LogP contribution in [0.1, 0.15) is 5.56 Å². The molecule has 3 rings (SSSR count). The predicted molar refractivity (Wildman–Crippen MR) is 94.8 cm³/mol. The SMILES string of the molecule is Cc1cc(=O)oc2cc(OCC(=O)Oc3cccc(Cl)c3Cl)ccc12. The van der Waals surface area contributed by atoms with Crippen LogP contribution in [0.15, 0.2) is 51.7 Å². The Labute approximate surface area is 152 Å². The first-order valence-corrected chi connectivity index (χ1v) is 8.01. The zero-order valence-electron chi connectivity index (χ0n) is 13.0. The Morgan fingerprint density at radius 3 is 2.76 bits per heavy atom. The van der Waals surface area contributed by atoms with Gasteiger partial charge in [-0.2, -0.15) is 0 Å². The van der Waals surface area contributed by atoms with Crippen molar-refractivity contribution in [3.63, 3.8) is 0 Å². The van der Waals surface area contributed by atoms with E-state index < -0.39 is 11.6 Å². The van der Waals surface area contributed by atoms with Gasteiger partial charge in [-0.15, -0.1) is 0 Å². The van der Waals surface area contributed by atoms with Crippen LogP contribution in [-0.4, -0.2) is 12.6 Å². The van der Waals surface area contributed by atoms with Gasteiger partial charge < -0.3 is 13.9 Å². The number of halogens is 2. The summed E-state index contributed by atoms with van der Waals surface area (Å²) in [5.41, 5.74) is 0.735. The Bertz CT molecular complexity index is 1010. The molecule has 0 aliphatic heterocycles. The van der Waals surface area contributed by atoms with Gasteiger partial charge in [0.2, 0.25) is 0 Å². The van der Waals surface area contributed by atoms with Gasteiger partial charge in [-0.05, 0) is 36.8 Å². The average molecular weight is 379 g/mol. The van der Waals surface area contributed by atoms with Crippen molar-refractivity contribution >= 4 is 40.1 Å². The van der Waals surface area contributed by atoms with Crippen molar-refractivity contribution in [2.75, 3.05) is 6.61 Å². The van der Waals surface area contributed by atoms with E-state index >= 15 is 0 Å². The summed E-state index contributed by atoms with van der Waals surface area (Å²) in [4.78, 5) is 23.3. The summed E-state index contributed by atoms with van der Waals surface area (Å²) in [6.07, 6.45) is 0. The molecule has 0 unspecified atom stereocenters. The van der Waals surface area contributed by atoms with Gasteiger partial charge in [0.05, 0.1) is 5.02 Å². The van der Waals surface area contributed by atoms with E-state index in [9.17, 15) is 9.59 Å². The molecule has 0 radical (unpaired) electrons. The summed E-state index contributed by atoms with van der Waals surface area (Å²) in [6, 6.07) is 11.1. The molecule has 1 aromatic heterocycles. The van der Waals surface area contributed by atoms with Crippen LogP contribution in [0, 0.1) is 6.92 Å². The summed E-state index contributed by atoms with van der Waals surface area (Å²) >= 11 is 11.8. The highest BCUT2D eigenvalue weighted by Crippen LogP contribution is 2.31. The van der Waals surface area contributed by atoms with Crippen molar-refractivity contribution in [1.29, 1.82) is 0 Å². The first-order chi connectivity index (χ1) is 11.9. The molecule has 0 aliphatic carbocycles. The van der Waals surface area contributed by atoms with Gasteiger partial charge in [-0.25, -0.2) is 9.59 Å². The normalized spacial score (nSPS) is 10.7. The highest BCUT2D eigenvalue weighted by Gasteiger charge is 2.12. The summed E-state index contributed by atoms with van der Waals surface area (Å²) in [6.45, 7) is 1.47. The molecule has 25 heavy (non-hydrogen) atoms. The number of aryl methyl sites for hydroxylation is 1. The molecule has 0 spiro atoms. The monoisotopic (exact) mass is 378 g/mol. The van der Waals surface area contributed by atoms with Crippen LogP contribution >= 0.6 is 23.2 Å². The summed E-state index contributed by atoms with van der Waals surface area (Å²) in [7, 11) is 0. The van der Waals surface area contributed by atoms with Crippen LogP contribution in [0.4, 0.5) is 0 Å². The highest BCUT2D eigenvalue weighted by molar-refractivity contribution is 6.43. The molecule has 128 valence electrons. The summed E-state index contributed by atoms with van der Waals surface area (Å²) in [5.74, 6) is -0.117. The van der Waals surface area contributed by atoms with Crippen LogP contribution < -0.4 is 15.1 Å². The van der Waals surface area contributed by atoms with Crippen LogP contribution in [0.2, 0.25) is 10.0 Å². The van der Waals surface area contributed by atoms with Gasteiger partial charge in [-0.3, -0.25) is 0 Å². The van der Waals surface area contributed by atoms with Crippen LogP contribution in [0.5, 0.6) is 11.5 Å². The lowest BCUT2D eigenvalue weighted by molar-refractivity contribution is -0.136. The molecule has 0 atom stereocenters. The van der Waals surface area contributed by atoms with Gasteiger partial charge in [0.15, 0.2) is 12.4 Å². The smallest absolute Gasteiger partial charge is 0.349 e. The number of hydrogen-bond donors (Lipinski definition) is 0. The summed E-state index contributed by atoms with van der Waals surface area (Å²) in [5, 5.41) is 1.23. The van der Waals surface area contributed by atoms with E-state index in [4.69, 9.17) is 37.1 Å². The fraction of sp³-hybridized carbons (Fsp3) is 0.111. The maximum Gasteiger partial charge on any atom is 0.349 e.